The lowest BCUT2D eigenvalue weighted by Gasteiger charge is -2.18. The lowest BCUT2D eigenvalue weighted by atomic mass is 9.92. The van der Waals surface area contributed by atoms with Gasteiger partial charge in [-0.05, 0) is 47.4 Å². The molecule has 2 N–H and O–H groups in total. The molecule has 1 unspecified atom stereocenters. The van der Waals surface area contributed by atoms with Gasteiger partial charge in [-0.25, -0.2) is 4.98 Å². The summed E-state index contributed by atoms with van der Waals surface area (Å²) in [5.41, 5.74) is 3.04. The number of nitrogens with zero attached hydrogens (tertiary/aromatic N) is 1. The Morgan fingerprint density at radius 1 is 0.925 bits per heavy atom. The van der Waals surface area contributed by atoms with Gasteiger partial charge in [-0.15, -0.1) is 23.1 Å². The normalized spacial score (nSPS) is 11.9. The molecule has 2 amide bonds. The first kappa shape index (κ1) is 29.2. The molecule has 3 aromatic carbocycles. The van der Waals surface area contributed by atoms with E-state index in [9.17, 15) is 9.59 Å². The molecule has 40 heavy (non-hydrogen) atoms. The number of carbonyl (C=O) groups excluding carboxylic acids is 2. The molecule has 9 heteroatoms. The van der Waals surface area contributed by atoms with Gasteiger partial charge in [0.25, 0.3) is 0 Å². The second-order valence-corrected chi connectivity index (χ2v) is 12.4. The lowest BCUT2D eigenvalue weighted by Crippen LogP contribution is -2.20. The predicted octanol–water partition coefficient (Wildman–Crippen LogP) is 7.67. The van der Waals surface area contributed by atoms with Gasteiger partial charge in [0.2, 0.25) is 11.8 Å². The molecule has 0 spiro atoms. The van der Waals surface area contributed by atoms with Crippen LogP contribution in [0.3, 0.4) is 0 Å². The van der Waals surface area contributed by atoms with Gasteiger partial charge in [-0.1, -0.05) is 57.2 Å². The fraction of sp³-hybridized carbons (Fsp3) is 0.258. The van der Waals surface area contributed by atoms with E-state index in [-0.39, 0.29) is 17.2 Å². The van der Waals surface area contributed by atoms with Crippen molar-refractivity contribution in [1.82, 2.24) is 4.98 Å². The Morgan fingerprint density at radius 3 is 2.38 bits per heavy atom. The Labute approximate surface area is 243 Å². The molecule has 7 nitrogen and oxygen atoms in total. The number of carbonyl (C=O) groups is 2. The lowest BCUT2D eigenvalue weighted by molar-refractivity contribution is -0.118. The molecule has 4 rings (SSSR count). The maximum atomic E-state index is 13.6. The zero-order valence-electron chi connectivity index (χ0n) is 23.2. The number of nitrogens with one attached hydrogen (secondary N) is 2. The van der Waals surface area contributed by atoms with Gasteiger partial charge in [0.15, 0.2) is 16.6 Å². The fourth-order valence-corrected chi connectivity index (χ4v) is 5.81. The molecular formula is C31H33N3O4S2. The first-order chi connectivity index (χ1) is 19.1. The molecule has 1 aromatic heterocycles. The van der Waals surface area contributed by atoms with Gasteiger partial charge in [-0.3, -0.25) is 9.59 Å². The summed E-state index contributed by atoms with van der Waals surface area (Å²) < 4.78 is 10.7. The highest BCUT2D eigenvalue weighted by atomic mass is 32.2. The average Bonchev–Trinajstić information content (AvgIpc) is 3.39. The minimum absolute atomic E-state index is 0.0407. The summed E-state index contributed by atoms with van der Waals surface area (Å²) in [6.45, 7) is 6.09. The van der Waals surface area contributed by atoms with Gasteiger partial charge in [0.05, 0.1) is 19.9 Å². The molecule has 0 saturated carbocycles. The van der Waals surface area contributed by atoms with Crippen LogP contribution in [0.15, 0.2) is 83.1 Å². The van der Waals surface area contributed by atoms with Gasteiger partial charge in [0.1, 0.15) is 5.25 Å². The molecule has 4 aromatic rings. The van der Waals surface area contributed by atoms with Crippen LogP contribution in [0.25, 0.3) is 11.3 Å². The Bertz CT molecular complexity index is 1460. The Morgan fingerprint density at radius 2 is 1.68 bits per heavy atom. The highest BCUT2D eigenvalue weighted by molar-refractivity contribution is 8.00. The number of hydrogen-bond donors (Lipinski definition) is 2. The molecule has 0 fully saturated rings. The fourth-order valence-electron chi connectivity index (χ4n) is 4.00. The molecule has 1 heterocycles. The third-order valence-corrected chi connectivity index (χ3v) is 7.82. The molecule has 0 bridgehead atoms. The molecule has 0 aliphatic heterocycles. The summed E-state index contributed by atoms with van der Waals surface area (Å²) in [5, 5.41) is 7.83. The number of hydrogen-bond acceptors (Lipinski definition) is 7. The number of amides is 2. The van der Waals surface area contributed by atoms with Crippen molar-refractivity contribution >= 4 is 45.7 Å². The van der Waals surface area contributed by atoms with Crippen molar-refractivity contribution in [3.8, 4) is 22.8 Å². The largest absolute Gasteiger partial charge is 0.493 e. The summed E-state index contributed by atoms with van der Waals surface area (Å²) in [6.07, 6.45) is 0.415. The minimum atomic E-state index is -0.532. The number of benzene rings is 3. The van der Waals surface area contributed by atoms with Crippen molar-refractivity contribution in [2.75, 3.05) is 24.9 Å². The summed E-state index contributed by atoms with van der Waals surface area (Å²) in [6, 6.07) is 22.8. The third-order valence-electron chi connectivity index (χ3n) is 5.82. The van der Waals surface area contributed by atoms with Crippen LogP contribution in [0, 0.1) is 5.41 Å². The summed E-state index contributed by atoms with van der Waals surface area (Å²) >= 11 is 2.78. The van der Waals surface area contributed by atoms with Gasteiger partial charge in [0, 0.05) is 27.9 Å². The van der Waals surface area contributed by atoms with E-state index in [1.165, 1.54) is 23.1 Å². The van der Waals surface area contributed by atoms with Crippen molar-refractivity contribution in [3.05, 3.63) is 83.7 Å². The van der Waals surface area contributed by atoms with E-state index in [4.69, 9.17) is 9.47 Å². The molecule has 0 radical (unpaired) electrons. The van der Waals surface area contributed by atoms with Gasteiger partial charge < -0.3 is 20.1 Å². The number of ether oxygens (including phenoxy) is 2. The van der Waals surface area contributed by atoms with E-state index in [2.05, 4.69) is 15.6 Å². The maximum absolute atomic E-state index is 13.6. The SMILES string of the molecule is COc1ccc(-c2csc(NC(=O)C(Sc3cccc(NC(=O)CC(C)(C)C)c3)c3ccccc3)n2)cc1OC. The van der Waals surface area contributed by atoms with E-state index < -0.39 is 5.25 Å². The molecule has 208 valence electrons. The van der Waals surface area contributed by atoms with E-state index in [0.29, 0.717) is 28.7 Å². The Kier molecular flexibility index (Phi) is 9.50. The summed E-state index contributed by atoms with van der Waals surface area (Å²) in [7, 11) is 3.18. The Balaban J connectivity index is 1.52. The van der Waals surface area contributed by atoms with Crippen LogP contribution < -0.4 is 20.1 Å². The van der Waals surface area contributed by atoms with Crippen LogP contribution in [0.2, 0.25) is 0 Å². The van der Waals surface area contributed by atoms with Crippen LogP contribution in [0.1, 0.15) is 38.0 Å². The van der Waals surface area contributed by atoms with Crippen LogP contribution in [0.4, 0.5) is 10.8 Å². The zero-order chi connectivity index (χ0) is 28.7. The molecule has 0 saturated heterocycles. The highest BCUT2D eigenvalue weighted by Gasteiger charge is 2.24. The number of thiazole rings is 1. The number of methoxy groups -OCH3 is 2. The smallest absolute Gasteiger partial charge is 0.244 e. The molecule has 1 atom stereocenters. The second-order valence-electron chi connectivity index (χ2n) is 10.3. The van der Waals surface area contributed by atoms with E-state index >= 15 is 0 Å². The van der Waals surface area contributed by atoms with Crippen molar-refractivity contribution < 1.29 is 19.1 Å². The van der Waals surface area contributed by atoms with Crippen molar-refractivity contribution in [1.29, 1.82) is 0 Å². The maximum Gasteiger partial charge on any atom is 0.244 e. The van der Waals surface area contributed by atoms with E-state index in [1.807, 2.05) is 98.9 Å². The highest BCUT2D eigenvalue weighted by Crippen LogP contribution is 2.38. The predicted molar refractivity (Wildman–Crippen MR) is 163 cm³/mol. The average molecular weight is 576 g/mol. The monoisotopic (exact) mass is 575 g/mol. The zero-order valence-corrected chi connectivity index (χ0v) is 24.8. The quantitative estimate of drug-likeness (QED) is 0.189. The standard InChI is InChI=1S/C31H33N3O4S2/c1-31(2,3)18-27(35)32-22-12-9-13-23(17-22)40-28(20-10-7-6-8-11-20)29(36)34-30-33-24(19-39-30)21-14-15-25(37-4)26(16-21)38-5/h6-17,19,28H,18H2,1-5H3,(H,32,35)(H,33,34,36). The van der Waals surface area contributed by atoms with Crippen molar-refractivity contribution in [2.24, 2.45) is 5.41 Å². The number of anilines is 2. The number of thioether (sulfide) groups is 1. The Hall–Kier alpha value is -3.82. The topological polar surface area (TPSA) is 89.6 Å². The first-order valence-electron chi connectivity index (χ1n) is 12.8. The van der Waals surface area contributed by atoms with Gasteiger partial charge in [-0.2, -0.15) is 0 Å². The van der Waals surface area contributed by atoms with Crippen molar-refractivity contribution in [2.45, 2.75) is 37.3 Å². The molecule has 0 aliphatic rings. The first-order valence-corrected chi connectivity index (χ1v) is 14.5. The van der Waals surface area contributed by atoms with E-state index in [1.54, 1.807) is 14.2 Å². The van der Waals surface area contributed by atoms with Crippen molar-refractivity contribution in [3.63, 3.8) is 0 Å². The number of rotatable bonds is 10. The van der Waals surface area contributed by atoms with Crippen LogP contribution in [-0.4, -0.2) is 31.0 Å². The summed E-state index contributed by atoms with van der Waals surface area (Å²) in [5.74, 6) is 1.01. The van der Waals surface area contributed by atoms with Gasteiger partial charge >= 0.3 is 0 Å². The molecular weight excluding hydrogens is 542 g/mol. The third kappa shape index (κ3) is 7.86. The number of aromatic nitrogens is 1. The molecule has 0 aliphatic carbocycles. The van der Waals surface area contributed by atoms with Crippen LogP contribution in [0.5, 0.6) is 11.5 Å². The minimum Gasteiger partial charge on any atom is -0.493 e. The van der Waals surface area contributed by atoms with E-state index in [0.717, 1.165) is 21.7 Å². The van der Waals surface area contributed by atoms with Crippen LogP contribution >= 0.6 is 23.1 Å². The second kappa shape index (κ2) is 13.0. The summed E-state index contributed by atoms with van der Waals surface area (Å²) in [4.78, 5) is 31.6. The van der Waals surface area contributed by atoms with Crippen LogP contribution in [-0.2, 0) is 9.59 Å².